The zero-order chi connectivity index (χ0) is 11.5. The van der Waals surface area contributed by atoms with Crippen molar-refractivity contribution in [1.29, 1.82) is 0 Å². The van der Waals surface area contributed by atoms with Crippen molar-refractivity contribution >= 4 is 0 Å². The molecule has 1 saturated heterocycles. The smallest absolute Gasteiger partial charge is 0.244 e. The van der Waals surface area contributed by atoms with Gasteiger partial charge in [0.15, 0.2) is 5.82 Å². The van der Waals surface area contributed by atoms with Crippen LogP contribution in [0.1, 0.15) is 44.4 Å². The highest BCUT2D eigenvalue weighted by Gasteiger charge is 2.31. The lowest BCUT2D eigenvalue weighted by molar-refractivity contribution is 0.170. The number of hydrogen-bond donors (Lipinski definition) is 1. The number of nitrogens with zero attached hydrogens (tertiary/aromatic N) is 3. The maximum Gasteiger partial charge on any atom is 0.244 e. The van der Waals surface area contributed by atoms with E-state index in [-0.39, 0.29) is 12.6 Å². The highest BCUT2D eigenvalue weighted by Crippen LogP contribution is 2.32. The Hall–Kier alpha value is -0.940. The second kappa shape index (κ2) is 4.93. The summed E-state index contributed by atoms with van der Waals surface area (Å²) >= 11 is 0. The first-order valence-corrected chi connectivity index (χ1v) is 5.91. The van der Waals surface area contributed by atoms with E-state index in [9.17, 15) is 0 Å². The molecule has 2 rings (SSSR count). The van der Waals surface area contributed by atoms with Gasteiger partial charge in [-0.25, -0.2) is 0 Å². The molecular weight excluding hydrogens is 206 g/mol. The van der Waals surface area contributed by atoms with E-state index in [1.54, 1.807) is 0 Å². The Morgan fingerprint density at radius 3 is 3.06 bits per heavy atom. The zero-order valence-corrected chi connectivity index (χ0v) is 9.89. The van der Waals surface area contributed by atoms with Crippen molar-refractivity contribution in [3.63, 3.8) is 0 Å². The van der Waals surface area contributed by atoms with E-state index in [1.165, 1.54) is 6.42 Å². The third-order valence-electron chi connectivity index (χ3n) is 3.06. The summed E-state index contributed by atoms with van der Waals surface area (Å²) in [5, 5.41) is 12.7. The van der Waals surface area contributed by atoms with Crippen molar-refractivity contribution < 1.29 is 9.63 Å². The maximum atomic E-state index is 8.80. The maximum absolute atomic E-state index is 8.80. The van der Waals surface area contributed by atoms with E-state index < -0.39 is 0 Å². The molecule has 0 radical (unpaired) electrons. The summed E-state index contributed by atoms with van der Waals surface area (Å²) in [6.45, 7) is 5.53. The van der Waals surface area contributed by atoms with Crippen LogP contribution in [-0.2, 0) is 6.42 Å². The van der Waals surface area contributed by atoms with Crippen LogP contribution < -0.4 is 0 Å². The largest absolute Gasteiger partial charge is 0.396 e. The molecule has 1 aliphatic rings. The van der Waals surface area contributed by atoms with E-state index in [1.807, 2.05) is 0 Å². The molecule has 0 saturated carbocycles. The molecule has 5 nitrogen and oxygen atoms in total. The predicted octanol–water partition coefficient (Wildman–Crippen LogP) is 1.15. The minimum Gasteiger partial charge on any atom is -0.396 e. The van der Waals surface area contributed by atoms with E-state index in [0.29, 0.717) is 24.2 Å². The Morgan fingerprint density at radius 1 is 1.56 bits per heavy atom. The number of aliphatic hydroxyl groups excluding tert-OH is 1. The van der Waals surface area contributed by atoms with E-state index >= 15 is 0 Å². The summed E-state index contributed by atoms with van der Waals surface area (Å²) in [7, 11) is 0. The second-order valence-corrected chi connectivity index (χ2v) is 4.51. The highest BCUT2D eigenvalue weighted by atomic mass is 16.5. The van der Waals surface area contributed by atoms with Crippen LogP contribution in [0.3, 0.4) is 0 Å². The lowest BCUT2D eigenvalue weighted by Gasteiger charge is -2.25. The highest BCUT2D eigenvalue weighted by molar-refractivity contribution is 4.97. The average Bonchev–Trinajstić information content (AvgIpc) is 2.83. The molecule has 0 spiro atoms. The van der Waals surface area contributed by atoms with Gasteiger partial charge in [0.1, 0.15) is 0 Å². The first kappa shape index (κ1) is 11.5. The molecular formula is C11H19N3O2. The molecule has 0 amide bonds. The van der Waals surface area contributed by atoms with Crippen molar-refractivity contribution in [2.75, 3.05) is 13.2 Å². The Labute approximate surface area is 95.4 Å². The molecule has 1 aromatic rings. The van der Waals surface area contributed by atoms with E-state index in [4.69, 9.17) is 9.63 Å². The molecule has 1 aromatic heterocycles. The molecule has 0 aliphatic carbocycles. The first-order chi connectivity index (χ1) is 7.72. The molecule has 5 heteroatoms. The van der Waals surface area contributed by atoms with Gasteiger partial charge in [0.2, 0.25) is 5.89 Å². The fourth-order valence-corrected chi connectivity index (χ4v) is 2.28. The third kappa shape index (κ3) is 2.25. The molecule has 0 bridgehead atoms. The molecule has 0 aromatic carbocycles. The molecule has 1 atom stereocenters. The van der Waals surface area contributed by atoms with Gasteiger partial charge in [-0.15, -0.1) is 0 Å². The first-order valence-electron chi connectivity index (χ1n) is 5.91. The number of rotatable bonds is 4. The minimum atomic E-state index is 0.0670. The SMILES string of the molecule is CC(C)N1CCCC1c1nc(CCO)no1. The van der Waals surface area contributed by atoms with Gasteiger partial charge in [-0.3, -0.25) is 4.90 Å². The van der Waals surface area contributed by atoms with Crippen LogP contribution in [0.4, 0.5) is 0 Å². The molecule has 16 heavy (non-hydrogen) atoms. The molecule has 1 fully saturated rings. The summed E-state index contributed by atoms with van der Waals surface area (Å²) in [4.78, 5) is 6.72. The molecule has 2 heterocycles. The van der Waals surface area contributed by atoms with Crippen LogP contribution in [0.2, 0.25) is 0 Å². The number of hydrogen-bond acceptors (Lipinski definition) is 5. The van der Waals surface area contributed by atoms with Gasteiger partial charge in [-0.2, -0.15) is 4.98 Å². The summed E-state index contributed by atoms with van der Waals surface area (Å²) in [5.74, 6) is 1.31. The third-order valence-corrected chi connectivity index (χ3v) is 3.06. The Balaban J connectivity index is 2.10. The zero-order valence-electron chi connectivity index (χ0n) is 9.89. The Kier molecular flexibility index (Phi) is 3.56. The Bertz CT molecular complexity index is 338. The normalized spacial score (nSPS) is 22.1. The standard InChI is InChI=1S/C11H19N3O2/c1-8(2)14-6-3-4-9(14)11-12-10(5-7-15)13-16-11/h8-9,15H,3-7H2,1-2H3. The summed E-state index contributed by atoms with van der Waals surface area (Å²) in [5.41, 5.74) is 0. The van der Waals surface area contributed by atoms with Gasteiger partial charge >= 0.3 is 0 Å². The van der Waals surface area contributed by atoms with Crippen LogP contribution in [0.5, 0.6) is 0 Å². The molecule has 1 aliphatic heterocycles. The van der Waals surface area contributed by atoms with Gasteiger partial charge in [-0.1, -0.05) is 5.16 Å². The summed E-state index contributed by atoms with van der Waals surface area (Å²) in [6.07, 6.45) is 2.73. The van der Waals surface area contributed by atoms with E-state index in [0.717, 1.165) is 13.0 Å². The quantitative estimate of drug-likeness (QED) is 0.832. The van der Waals surface area contributed by atoms with Gasteiger partial charge < -0.3 is 9.63 Å². The topological polar surface area (TPSA) is 62.4 Å². The van der Waals surface area contributed by atoms with Crippen molar-refractivity contribution in [2.24, 2.45) is 0 Å². The van der Waals surface area contributed by atoms with Crippen LogP contribution in [0, 0.1) is 0 Å². The van der Waals surface area contributed by atoms with Gasteiger partial charge in [0, 0.05) is 12.5 Å². The fraction of sp³-hybridized carbons (Fsp3) is 0.818. The van der Waals surface area contributed by atoms with Crippen molar-refractivity contribution in [2.45, 2.75) is 45.2 Å². The van der Waals surface area contributed by atoms with Crippen LogP contribution in [0.15, 0.2) is 4.52 Å². The number of aromatic nitrogens is 2. The number of likely N-dealkylation sites (tertiary alicyclic amines) is 1. The lowest BCUT2D eigenvalue weighted by Crippen LogP contribution is -2.30. The van der Waals surface area contributed by atoms with Crippen LogP contribution >= 0.6 is 0 Å². The summed E-state index contributed by atoms with van der Waals surface area (Å²) in [6, 6.07) is 0.764. The Morgan fingerprint density at radius 2 is 2.38 bits per heavy atom. The summed E-state index contributed by atoms with van der Waals surface area (Å²) < 4.78 is 5.27. The van der Waals surface area contributed by atoms with Crippen LogP contribution in [0.25, 0.3) is 0 Å². The molecule has 1 unspecified atom stereocenters. The van der Waals surface area contributed by atoms with Gasteiger partial charge in [0.05, 0.1) is 12.6 Å². The van der Waals surface area contributed by atoms with Gasteiger partial charge in [-0.05, 0) is 33.2 Å². The van der Waals surface area contributed by atoms with Crippen molar-refractivity contribution in [3.05, 3.63) is 11.7 Å². The molecule has 90 valence electrons. The van der Waals surface area contributed by atoms with Gasteiger partial charge in [0.25, 0.3) is 0 Å². The molecule has 1 N–H and O–H groups in total. The van der Waals surface area contributed by atoms with E-state index in [2.05, 4.69) is 28.9 Å². The van der Waals surface area contributed by atoms with Crippen LogP contribution in [-0.4, -0.2) is 39.3 Å². The average molecular weight is 225 g/mol. The minimum absolute atomic E-state index is 0.0670. The number of aliphatic hydroxyl groups is 1. The monoisotopic (exact) mass is 225 g/mol. The van der Waals surface area contributed by atoms with Crippen molar-refractivity contribution in [3.8, 4) is 0 Å². The predicted molar refractivity (Wildman–Crippen MR) is 58.9 cm³/mol. The van der Waals surface area contributed by atoms with Crippen molar-refractivity contribution in [1.82, 2.24) is 15.0 Å². The lowest BCUT2D eigenvalue weighted by atomic mass is 10.2. The second-order valence-electron chi connectivity index (χ2n) is 4.51. The fourth-order valence-electron chi connectivity index (χ4n) is 2.28.